The molecule has 0 aromatic heterocycles. The van der Waals surface area contributed by atoms with E-state index in [2.05, 4.69) is 5.32 Å². The van der Waals surface area contributed by atoms with Crippen molar-refractivity contribution in [1.29, 1.82) is 0 Å². The van der Waals surface area contributed by atoms with Gasteiger partial charge in [0.2, 0.25) is 5.91 Å². The van der Waals surface area contributed by atoms with Crippen LogP contribution in [-0.2, 0) is 4.79 Å². The van der Waals surface area contributed by atoms with Gasteiger partial charge in [-0.2, -0.15) is 0 Å². The number of nitrogens with zero attached hydrogens (tertiary/aromatic N) is 1. The molecule has 2 aromatic rings. The van der Waals surface area contributed by atoms with Crippen molar-refractivity contribution >= 4 is 29.3 Å². The van der Waals surface area contributed by atoms with Crippen molar-refractivity contribution in [2.75, 3.05) is 25.2 Å². The Bertz CT molecular complexity index is 702. The molecule has 0 aliphatic rings. The average Bonchev–Trinajstić information content (AvgIpc) is 2.53. The standard InChI is InChI=1S/C17H17FN2O2S/c1-20(2)17(22)12-4-3-5-14(10-12)19-16(21)11-23-15-8-6-13(18)7-9-15/h3-10H,11H2,1-2H3,(H,19,21). The summed E-state index contributed by atoms with van der Waals surface area (Å²) in [4.78, 5) is 26.2. The molecule has 4 nitrogen and oxygen atoms in total. The van der Waals surface area contributed by atoms with E-state index in [-0.39, 0.29) is 23.4 Å². The molecule has 0 fully saturated rings. The van der Waals surface area contributed by atoms with Crippen molar-refractivity contribution in [3.8, 4) is 0 Å². The number of rotatable bonds is 5. The van der Waals surface area contributed by atoms with E-state index in [1.165, 1.54) is 28.8 Å². The molecule has 2 rings (SSSR count). The van der Waals surface area contributed by atoms with Gasteiger partial charge in [0.1, 0.15) is 5.82 Å². The van der Waals surface area contributed by atoms with Crippen LogP contribution in [0.5, 0.6) is 0 Å². The summed E-state index contributed by atoms with van der Waals surface area (Å²) in [5, 5.41) is 2.75. The third kappa shape index (κ3) is 5.10. The maximum absolute atomic E-state index is 12.8. The van der Waals surface area contributed by atoms with Crippen LogP contribution in [0.4, 0.5) is 10.1 Å². The number of nitrogens with one attached hydrogen (secondary N) is 1. The first-order chi connectivity index (χ1) is 11.0. The number of carbonyl (C=O) groups excluding carboxylic acids is 2. The minimum atomic E-state index is -0.304. The Morgan fingerprint density at radius 3 is 2.48 bits per heavy atom. The Kier molecular flexibility index (Phi) is 5.76. The molecule has 120 valence electrons. The first-order valence-electron chi connectivity index (χ1n) is 6.95. The number of hydrogen-bond acceptors (Lipinski definition) is 3. The second-order valence-electron chi connectivity index (χ2n) is 5.07. The van der Waals surface area contributed by atoms with Gasteiger partial charge in [0.15, 0.2) is 0 Å². The third-order valence-electron chi connectivity index (χ3n) is 2.98. The Hall–Kier alpha value is -2.34. The van der Waals surface area contributed by atoms with Crippen molar-refractivity contribution in [3.05, 3.63) is 59.9 Å². The molecular formula is C17H17FN2O2S. The van der Waals surface area contributed by atoms with E-state index in [1.54, 1.807) is 50.5 Å². The van der Waals surface area contributed by atoms with Gasteiger partial charge in [0.25, 0.3) is 5.91 Å². The number of benzene rings is 2. The number of anilines is 1. The molecule has 6 heteroatoms. The molecule has 0 heterocycles. The molecular weight excluding hydrogens is 315 g/mol. The van der Waals surface area contributed by atoms with Crippen LogP contribution >= 0.6 is 11.8 Å². The summed E-state index contributed by atoms with van der Waals surface area (Å²) >= 11 is 1.32. The highest BCUT2D eigenvalue weighted by Gasteiger charge is 2.09. The monoisotopic (exact) mass is 332 g/mol. The van der Waals surface area contributed by atoms with Gasteiger partial charge in [0, 0.05) is 30.2 Å². The second-order valence-corrected chi connectivity index (χ2v) is 6.12. The van der Waals surface area contributed by atoms with Crippen molar-refractivity contribution in [2.24, 2.45) is 0 Å². The van der Waals surface area contributed by atoms with Gasteiger partial charge in [-0.25, -0.2) is 4.39 Å². The Balaban J connectivity index is 1.93. The smallest absolute Gasteiger partial charge is 0.253 e. The van der Waals surface area contributed by atoms with E-state index in [1.807, 2.05) is 0 Å². The molecule has 0 atom stereocenters. The van der Waals surface area contributed by atoms with Crippen molar-refractivity contribution in [2.45, 2.75) is 4.90 Å². The van der Waals surface area contributed by atoms with Crippen molar-refractivity contribution in [1.82, 2.24) is 4.90 Å². The topological polar surface area (TPSA) is 49.4 Å². The zero-order valence-electron chi connectivity index (χ0n) is 12.9. The number of halogens is 1. The molecule has 0 bridgehead atoms. The lowest BCUT2D eigenvalue weighted by Gasteiger charge is -2.11. The van der Waals surface area contributed by atoms with Crippen LogP contribution < -0.4 is 5.32 Å². The Labute approximate surface area is 138 Å². The summed E-state index contributed by atoms with van der Waals surface area (Å²) in [6.07, 6.45) is 0. The quantitative estimate of drug-likeness (QED) is 0.855. The molecule has 0 saturated heterocycles. The van der Waals surface area contributed by atoms with E-state index in [9.17, 15) is 14.0 Å². The molecule has 0 aliphatic carbocycles. The van der Waals surface area contributed by atoms with Crippen LogP contribution in [0.1, 0.15) is 10.4 Å². The van der Waals surface area contributed by atoms with Gasteiger partial charge in [-0.3, -0.25) is 9.59 Å². The average molecular weight is 332 g/mol. The fourth-order valence-corrected chi connectivity index (χ4v) is 2.56. The van der Waals surface area contributed by atoms with E-state index in [0.29, 0.717) is 11.3 Å². The van der Waals surface area contributed by atoms with Crippen molar-refractivity contribution in [3.63, 3.8) is 0 Å². The SMILES string of the molecule is CN(C)C(=O)c1cccc(NC(=O)CSc2ccc(F)cc2)c1. The predicted octanol–water partition coefficient (Wildman–Crippen LogP) is 3.26. The highest BCUT2D eigenvalue weighted by Crippen LogP contribution is 2.19. The van der Waals surface area contributed by atoms with Crippen LogP contribution in [0.15, 0.2) is 53.4 Å². The summed E-state index contributed by atoms with van der Waals surface area (Å²) in [6.45, 7) is 0. The molecule has 0 unspecified atom stereocenters. The summed E-state index contributed by atoms with van der Waals surface area (Å²) < 4.78 is 12.8. The first-order valence-corrected chi connectivity index (χ1v) is 7.94. The molecule has 0 spiro atoms. The minimum Gasteiger partial charge on any atom is -0.345 e. The lowest BCUT2D eigenvalue weighted by molar-refractivity contribution is -0.113. The first kappa shape index (κ1) is 17.0. The van der Waals surface area contributed by atoms with Crippen LogP contribution in [-0.4, -0.2) is 36.6 Å². The highest BCUT2D eigenvalue weighted by molar-refractivity contribution is 8.00. The van der Waals surface area contributed by atoms with Crippen LogP contribution in [0.2, 0.25) is 0 Å². The molecule has 0 saturated carbocycles. The largest absolute Gasteiger partial charge is 0.345 e. The van der Waals surface area contributed by atoms with E-state index in [4.69, 9.17) is 0 Å². The number of hydrogen-bond donors (Lipinski definition) is 1. The van der Waals surface area contributed by atoms with E-state index in [0.717, 1.165) is 4.90 Å². The molecule has 0 aliphatic heterocycles. The zero-order chi connectivity index (χ0) is 16.8. The highest BCUT2D eigenvalue weighted by atomic mass is 32.2. The van der Waals surface area contributed by atoms with E-state index < -0.39 is 0 Å². The summed E-state index contributed by atoms with van der Waals surface area (Å²) in [5.41, 5.74) is 1.08. The van der Waals surface area contributed by atoms with Crippen LogP contribution in [0.25, 0.3) is 0 Å². The molecule has 0 radical (unpaired) electrons. The molecule has 2 amide bonds. The van der Waals surface area contributed by atoms with Gasteiger partial charge in [-0.15, -0.1) is 11.8 Å². The second kappa shape index (κ2) is 7.78. The predicted molar refractivity (Wildman–Crippen MR) is 90.2 cm³/mol. The summed E-state index contributed by atoms with van der Waals surface area (Å²) in [6, 6.07) is 12.8. The number of carbonyl (C=O) groups is 2. The zero-order valence-corrected chi connectivity index (χ0v) is 13.7. The fourth-order valence-electron chi connectivity index (χ4n) is 1.86. The van der Waals surface area contributed by atoms with Crippen LogP contribution in [0.3, 0.4) is 0 Å². The number of amides is 2. The van der Waals surface area contributed by atoms with Gasteiger partial charge in [0.05, 0.1) is 5.75 Å². The maximum atomic E-state index is 12.8. The fraction of sp³-hybridized carbons (Fsp3) is 0.176. The minimum absolute atomic E-state index is 0.123. The maximum Gasteiger partial charge on any atom is 0.253 e. The molecule has 2 aromatic carbocycles. The van der Waals surface area contributed by atoms with Crippen molar-refractivity contribution < 1.29 is 14.0 Å². The molecule has 23 heavy (non-hydrogen) atoms. The third-order valence-corrected chi connectivity index (χ3v) is 4.00. The van der Waals surface area contributed by atoms with Gasteiger partial charge in [-0.1, -0.05) is 6.07 Å². The Morgan fingerprint density at radius 2 is 1.83 bits per heavy atom. The van der Waals surface area contributed by atoms with Crippen LogP contribution in [0, 0.1) is 5.82 Å². The Morgan fingerprint density at radius 1 is 1.13 bits per heavy atom. The van der Waals surface area contributed by atoms with Gasteiger partial charge in [-0.05, 0) is 42.5 Å². The lowest BCUT2D eigenvalue weighted by atomic mass is 10.2. The summed E-state index contributed by atoms with van der Waals surface area (Å²) in [5.74, 6) is -0.408. The molecule has 1 N–H and O–H groups in total. The van der Waals surface area contributed by atoms with Gasteiger partial charge < -0.3 is 10.2 Å². The summed E-state index contributed by atoms with van der Waals surface area (Å²) in [7, 11) is 3.35. The normalized spacial score (nSPS) is 10.2. The lowest BCUT2D eigenvalue weighted by Crippen LogP contribution is -2.22. The number of thioether (sulfide) groups is 1. The van der Waals surface area contributed by atoms with E-state index >= 15 is 0 Å². The van der Waals surface area contributed by atoms with Gasteiger partial charge >= 0.3 is 0 Å².